The highest BCUT2D eigenvalue weighted by atomic mass is 35.5. The van der Waals surface area contributed by atoms with Crippen molar-refractivity contribution in [1.29, 1.82) is 0 Å². The fraction of sp³-hybridized carbons (Fsp3) is 0.333. The minimum atomic E-state index is -5.24. The zero-order chi connectivity index (χ0) is 36.7. The average molecular weight is 746 g/mol. The number of ether oxygens (including phenoxy) is 1. The van der Waals surface area contributed by atoms with Gasteiger partial charge in [0.05, 0.1) is 24.5 Å². The highest BCUT2D eigenvalue weighted by Crippen LogP contribution is 2.41. The Morgan fingerprint density at radius 2 is 1.36 bits per heavy atom. The number of imide groups is 1. The molecule has 0 aromatic heterocycles. The number of alkyl halides is 6. The Kier molecular flexibility index (Phi) is 14.5. The van der Waals surface area contributed by atoms with E-state index in [0.717, 1.165) is 0 Å². The first-order valence-electron chi connectivity index (χ1n) is 13.9. The van der Waals surface area contributed by atoms with E-state index in [1.54, 1.807) is 30.3 Å². The van der Waals surface area contributed by atoms with Crippen LogP contribution in [0.2, 0.25) is 0 Å². The number of halogens is 11. The maximum absolute atomic E-state index is 13.9. The van der Waals surface area contributed by atoms with Crippen molar-refractivity contribution in [3.05, 3.63) is 117 Å². The molecule has 1 fully saturated rings. The number of aliphatic hydroxyl groups is 1. The van der Waals surface area contributed by atoms with E-state index in [9.17, 15) is 53.5 Å². The molecule has 0 aliphatic carbocycles. The summed E-state index contributed by atoms with van der Waals surface area (Å²) < 4.78 is 137. The molecule has 1 saturated heterocycles. The van der Waals surface area contributed by atoms with Crippen molar-refractivity contribution in [3.8, 4) is 0 Å². The summed E-state index contributed by atoms with van der Waals surface area (Å²) in [5.74, 6) is -11.6. The normalized spacial score (nSPS) is 16.8. The molecule has 5 atom stereocenters. The molecule has 1 aliphatic heterocycles. The van der Waals surface area contributed by atoms with Crippen molar-refractivity contribution >= 4 is 24.4 Å². The monoisotopic (exact) mass is 745 g/mol. The molecule has 0 bridgehead atoms. The lowest BCUT2D eigenvalue weighted by Gasteiger charge is -2.29. The van der Waals surface area contributed by atoms with Gasteiger partial charge in [-0.25, -0.2) is 27.3 Å². The van der Waals surface area contributed by atoms with Gasteiger partial charge in [0.25, 0.3) is 0 Å². The summed E-state index contributed by atoms with van der Waals surface area (Å²) in [7, 11) is 0. The second-order valence-corrected chi connectivity index (χ2v) is 10.6. The van der Waals surface area contributed by atoms with Crippen LogP contribution in [-0.2, 0) is 16.0 Å². The van der Waals surface area contributed by atoms with Crippen molar-refractivity contribution in [2.75, 3.05) is 13.2 Å². The summed E-state index contributed by atoms with van der Waals surface area (Å²) in [6.07, 6.45) is -11.2. The van der Waals surface area contributed by atoms with Crippen LogP contribution in [0.15, 0.2) is 71.8 Å². The van der Waals surface area contributed by atoms with Crippen LogP contribution >= 0.6 is 12.4 Å². The van der Waals surface area contributed by atoms with Crippen LogP contribution < -0.4 is 5.73 Å². The number of aliphatic hydroxyl groups excluding tert-OH is 1. The van der Waals surface area contributed by atoms with Gasteiger partial charge in [-0.05, 0) is 52.9 Å². The van der Waals surface area contributed by atoms with Crippen LogP contribution in [-0.4, -0.2) is 65.7 Å². The summed E-state index contributed by atoms with van der Waals surface area (Å²) >= 11 is 0. The molecular formula is C30H26ClF10N5O4. The molecule has 50 heavy (non-hydrogen) atoms. The first-order valence-corrected chi connectivity index (χ1v) is 13.9. The standard InChI is InChI=1S/C20H15F5N4O3.C10H10F5NO.ClH/c21-13-7-12(8-14(22)9-13)16(20(23,24)25)17(27-28-26)18(30)29-15(10-32-19(29)31)6-11-4-2-1-3-5-11;11-6-1-5(2-7(12)3-6)9(8(16)4-17)10(13,14)15;/h1-5,7-9,15-17H,6,10H2;1-3,8-9,17H,4,16H2;1H/t15-,16+,17-;8-,9-;/m01./s1. The molecule has 0 spiro atoms. The van der Waals surface area contributed by atoms with Crippen LogP contribution in [0.1, 0.15) is 28.5 Å². The zero-order valence-electron chi connectivity index (χ0n) is 25.1. The van der Waals surface area contributed by atoms with Crippen molar-refractivity contribution in [2.45, 2.75) is 48.7 Å². The quantitative estimate of drug-likeness (QED) is 0.103. The van der Waals surface area contributed by atoms with Crippen molar-refractivity contribution in [3.63, 3.8) is 0 Å². The fourth-order valence-corrected chi connectivity index (χ4v) is 5.07. The van der Waals surface area contributed by atoms with Gasteiger partial charge < -0.3 is 15.6 Å². The number of cyclic esters (lactones) is 1. The summed E-state index contributed by atoms with van der Waals surface area (Å²) in [4.78, 5) is 28.0. The fourth-order valence-electron chi connectivity index (χ4n) is 5.07. The molecule has 3 aromatic carbocycles. The van der Waals surface area contributed by atoms with Gasteiger partial charge in [0.1, 0.15) is 35.9 Å². The molecule has 0 unspecified atom stereocenters. The highest BCUT2D eigenvalue weighted by Gasteiger charge is 2.52. The van der Waals surface area contributed by atoms with E-state index in [0.29, 0.717) is 46.9 Å². The third-order valence-corrected chi connectivity index (χ3v) is 7.09. The minimum absolute atomic E-state index is 0. The topological polar surface area (TPSA) is 142 Å². The number of azide groups is 1. The maximum atomic E-state index is 13.9. The van der Waals surface area contributed by atoms with Crippen molar-refractivity contribution < 1.29 is 63.3 Å². The van der Waals surface area contributed by atoms with Gasteiger partial charge in [-0.3, -0.25) is 4.79 Å². The lowest BCUT2D eigenvalue weighted by atomic mass is 9.89. The molecular weight excluding hydrogens is 720 g/mol. The van der Waals surface area contributed by atoms with E-state index in [4.69, 9.17) is 21.1 Å². The number of rotatable bonds is 9. The molecule has 3 N–H and O–H groups in total. The molecule has 0 saturated carbocycles. The van der Waals surface area contributed by atoms with Gasteiger partial charge in [0, 0.05) is 23.1 Å². The first-order chi connectivity index (χ1) is 22.9. The molecule has 9 nitrogen and oxygen atoms in total. The molecule has 3 aromatic rings. The van der Waals surface area contributed by atoms with E-state index in [-0.39, 0.29) is 25.4 Å². The van der Waals surface area contributed by atoms with Gasteiger partial charge in [-0.15, -0.1) is 12.4 Å². The third kappa shape index (κ3) is 10.7. The van der Waals surface area contributed by atoms with E-state index < -0.39 is 95.3 Å². The number of nitrogens with zero attached hydrogens (tertiary/aromatic N) is 4. The molecule has 1 aliphatic rings. The molecule has 4 rings (SSSR count). The summed E-state index contributed by atoms with van der Waals surface area (Å²) in [5.41, 5.74) is 13.0. The Morgan fingerprint density at radius 1 is 0.900 bits per heavy atom. The van der Waals surface area contributed by atoms with Gasteiger partial charge in [0.2, 0.25) is 5.91 Å². The van der Waals surface area contributed by atoms with E-state index in [1.807, 2.05) is 0 Å². The smallest absolute Gasteiger partial charge is 0.416 e. The number of carbonyl (C=O) groups is 2. The van der Waals surface area contributed by atoms with E-state index >= 15 is 0 Å². The molecule has 272 valence electrons. The maximum Gasteiger partial charge on any atom is 0.416 e. The molecule has 1 heterocycles. The summed E-state index contributed by atoms with van der Waals surface area (Å²) in [6.45, 7) is -1.23. The van der Waals surface area contributed by atoms with Gasteiger partial charge in [-0.2, -0.15) is 26.3 Å². The number of hydrogen-bond donors (Lipinski definition) is 2. The number of nitrogens with two attached hydrogens (primary N) is 1. The second kappa shape index (κ2) is 17.4. The lowest BCUT2D eigenvalue weighted by Crippen LogP contribution is -2.49. The second-order valence-electron chi connectivity index (χ2n) is 10.6. The Hall–Kier alpha value is -4.58. The highest BCUT2D eigenvalue weighted by molar-refractivity contribution is 5.97. The predicted molar refractivity (Wildman–Crippen MR) is 158 cm³/mol. The average Bonchev–Trinajstić information content (AvgIpc) is 3.34. The SMILES string of the molecule is Cl.N[C@H](CO)[C@@H](c1cc(F)cc(F)c1)C(F)(F)F.[N-]=[N+]=N[C@H](C(=O)N1C(=O)OC[C@@H]1Cc1ccccc1)[C@@H](c1cc(F)cc(F)c1)C(F)(F)F. The predicted octanol–water partition coefficient (Wildman–Crippen LogP) is 7.23. The van der Waals surface area contributed by atoms with Crippen LogP contribution in [0.4, 0.5) is 48.7 Å². The number of carbonyl (C=O) groups excluding carboxylic acids is 2. The van der Waals surface area contributed by atoms with Gasteiger partial charge in [0.15, 0.2) is 0 Å². The van der Waals surface area contributed by atoms with Crippen molar-refractivity contribution in [2.24, 2.45) is 10.8 Å². The lowest BCUT2D eigenvalue weighted by molar-refractivity contribution is -0.163. The Bertz CT molecular complexity index is 1640. The summed E-state index contributed by atoms with van der Waals surface area (Å²) in [6, 6.07) is 6.01. The first kappa shape index (κ1) is 41.6. The van der Waals surface area contributed by atoms with Crippen LogP contribution in [0.25, 0.3) is 10.4 Å². The molecule has 20 heteroatoms. The van der Waals surface area contributed by atoms with Gasteiger partial charge >= 0.3 is 18.4 Å². The van der Waals surface area contributed by atoms with Crippen LogP contribution in [0.3, 0.4) is 0 Å². The number of amides is 2. The Balaban J connectivity index is 0.000000409. The van der Waals surface area contributed by atoms with Crippen LogP contribution in [0.5, 0.6) is 0 Å². The van der Waals surface area contributed by atoms with E-state index in [1.165, 1.54) is 0 Å². The van der Waals surface area contributed by atoms with Gasteiger partial charge in [-0.1, -0.05) is 35.4 Å². The van der Waals surface area contributed by atoms with Crippen LogP contribution in [0, 0.1) is 23.3 Å². The summed E-state index contributed by atoms with van der Waals surface area (Å²) in [5, 5.41) is 11.6. The molecule has 0 radical (unpaired) electrons. The largest absolute Gasteiger partial charge is 0.447 e. The third-order valence-electron chi connectivity index (χ3n) is 7.09. The number of benzene rings is 3. The Labute approximate surface area is 282 Å². The minimum Gasteiger partial charge on any atom is -0.447 e. The molecule has 2 amide bonds. The Morgan fingerprint density at radius 3 is 1.78 bits per heavy atom. The number of hydrogen-bond acceptors (Lipinski definition) is 6. The van der Waals surface area contributed by atoms with E-state index in [2.05, 4.69) is 10.0 Å². The zero-order valence-corrected chi connectivity index (χ0v) is 25.9. The van der Waals surface area contributed by atoms with Crippen molar-refractivity contribution in [1.82, 2.24) is 4.90 Å².